The molecule has 18 heavy (non-hydrogen) atoms. The highest BCUT2D eigenvalue weighted by molar-refractivity contribution is 5.58. The first-order valence-electron chi connectivity index (χ1n) is 6.64. The molecular weight excluding hydrogens is 228 g/mol. The summed E-state index contributed by atoms with van der Waals surface area (Å²) in [7, 11) is 1.88. The third-order valence-electron chi connectivity index (χ3n) is 3.42. The first-order chi connectivity index (χ1) is 8.65. The molecule has 0 amide bonds. The zero-order valence-corrected chi connectivity index (χ0v) is 11.4. The van der Waals surface area contributed by atoms with Crippen LogP contribution in [0, 0.1) is 6.92 Å². The zero-order valence-electron chi connectivity index (χ0n) is 11.4. The summed E-state index contributed by atoms with van der Waals surface area (Å²) >= 11 is 0. The maximum absolute atomic E-state index is 9.78. The van der Waals surface area contributed by atoms with Gasteiger partial charge in [0, 0.05) is 32.1 Å². The van der Waals surface area contributed by atoms with Crippen molar-refractivity contribution in [3.8, 4) is 0 Å². The molecule has 0 spiro atoms. The SMILES string of the molecule is CCc1nc(NC)c(C)c(N2CCCC(O)C2)n1. The van der Waals surface area contributed by atoms with Gasteiger partial charge in [-0.3, -0.25) is 0 Å². The fourth-order valence-electron chi connectivity index (χ4n) is 2.41. The number of nitrogens with one attached hydrogen (secondary N) is 1. The second kappa shape index (κ2) is 5.52. The molecule has 0 aromatic carbocycles. The number of rotatable bonds is 3. The Morgan fingerprint density at radius 2 is 2.22 bits per heavy atom. The lowest BCUT2D eigenvalue weighted by atomic mass is 10.1. The normalized spacial score (nSPS) is 20.0. The molecule has 100 valence electrons. The quantitative estimate of drug-likeness (QED) is 0.848. The largest absolute Gasteiger partial charge is 0.391 e. The molecule has 1 aromatic rings. The van der Waals surface area contributed by atoms with Gasteiger partial charge in [-0.2, -0.15) is 0 Å². The molecule has 5 heteroatoms. The van der Waals surface area contributed by atoms with Crippen LogP contribution in [-0.2, 0) is 6.42 Å². The first kappa shape index (κ1) is 13.1. The number of piperidine rings is 1. The maximum Gasteiger partial charge on any atom is 0.137 e. The van der Waals surface area contributed by atoms with E-state index in [9.17, 15) is 5.11 Å². The third kappa shape index (κ3) is 2.56. The topological polar surface area (TPSA) is 61.3 Å². The van der Waals surface area contributed by atoms with Gasteiger partial charge in [-0.05, 0) is 19.8 Å². The van der Waals surface area contributed by atoms with Gasteiger partial charge in [-0.1, -0.05) is 6.92 Å². The molecular formula is C13H22N4O. The number of aryl methyl sites for hydroxylation is 1. The van der Waals surface area contributed by atoms with Gasteiger partial charge >= 0.3 is 0 Å². The number of nitrogens with zero attached hydrogens (tertiary/aromatic N) is 3. The lowest BCUT2D eigenvalue weighted by molar-refractivity contribution is 0.154. The molecule has 1 aromatic heterocycles. The summed E-state index contributed by atoms with van der Waals surface area (Å²) in [5.74, 6) is 2.70. The standard InChI is InChI=1S/C13H22N4O/c1-4-11-15-12(14-3)9(2)13(16-11)17-7-5-6-10(18)8-17/h10,18H,4-8H2,1-3H3,(H,14,15,16). The molecule has 1 saturated heterocycles. The second-order valence-electron chi connectivity index (χ2n) is 4.78. The number of β-amino-alcohol motifs (C(OH)–C–C–N with tert-alkyl or cyclic N) is 1. The van der Waals surface area contributed by atoms with Gasteiger partial charge in [0.1, 0.15) is 17.5 Å². The highest BCUT2D eigenvalue weighted by Gasteiger charge is 2.22. The van der Waals surface area contributed by atoms with Crippen LogP contribution in [0.5, 0.6) is 0 Å². The summed E-state index contributed by atoms with van der Waals surface area (Å²) < 4.78 is 0. The van der Waals surface area contributed by atoms with Gasteiger partial charge in [0.05, 0.1) is 6.10 Å². The van der Waals surface area contributed by atoms with E-state index in [-0.39, 0.29) is 6.10 Å². The monoisotopic (exact) mass is 250 g/mol. The molecule has 0 radical (unpaired) electrons. The van der Waals surface area contributed by atoms with Crippen LogP contribution < -0.4 is 10.2 Å². The van der Waals surface area contributed by atoms with Gasteiger partial charge < -0.3 is 15.3 Å². The van der Waals surface area contributed by atoms with Crippen molar-refractivity contribution in [1.82, 2.24) is 9.97 Å². The maximum atomic E-state index is 9.78. The molecule has 1 fully saturated rings. The second-order valence-corrected chi connectivity index (χ2v) is 4.78. The van der Waals surface area contributed by atoms with Gasteiger partial charge in [-0.25, -0.2) is 9.97 Å². The molecule has 1 aliphatic heterocycles. The van der Waals surface area contributed by atoms with Crippen molar-refractivity contribution in [3.05, 3.63) is 11.4 Å². The fourth-order valence-corrected chi connectivity index (χ4v) is 2.41. The van der Waals surface area contributed by atoms with Crippen LogP contribution in [0.4, 0.5) is 11.6 Å². The summed E-state index contributed by atoms with van der Waals surface area (Å²) in [4.78, 5) is 11.3. The third-order valence-corrected chi connectivity index (χ3v) is 3.42. The van der Waals surface area contributed by atoms with Crippen molar-refractivity contribution in [2.24, 2.45) is 0 Å². The van der Waals surface area contributed by atoms with Crippen LogP contribution in [0.1, 0.15) is 31.2 Å². The fraction of sp³-hybridized carbons (Fsp3) is 0.692. The summed E-state index contributed by atoms with van der Waals surface area (Å²) in [5, 5.41) is 12.9. The number of anilines is 2. The Bertz CT molecular complexity index is 422. The molecule has 1 aliphatic rings. The number of hydrogen-bond donors (Lipinski definition) is 2. The van der Waals surface area contributed by atoms with Crippen molar-refractivity contribution < 1.29 is 5.11 Å². The Kier molecular flexibility index (Phi) is 4.01. The van der Waals surface area contributed by atoms with E-state index in [4.69, 9.17) is 0 Å². The van der Waals surface area contributed by atoms with Crippen LogP contribution >= 0.6 is 0 Å². The number of aliphatic hydroxyl groups excluding tert-OH is 1. The molecule has 0 bridgehead atoms. The van der Waals surface area contributed by atoms with Gasteiger partial charge in [0.15, 0.2) is 0 Å². The minimum atomic E-state index is -0.240. The van der Waals surface area contributed by atoms with Crippen LogP contribution in [0.3, 0.4) is 0 Å². The number of aromatic nitrogens is 2. The Morgan fingerprint density at radius 3 is 2.83 bits per heavy atom. The average molecular weight is 250 g/mol. The Balaban J connectivity index is 2.35. The first-order valence-corrected chi connectivity index (χ1v) is 6.64. The van der Waals surface area contributed by atoms with Gasteiger partial charge in [0.2, 0.25) is 0 Å². The van der Waals surface area contributed by atoms with Crippen molar-refractivity contribution in [1.29, 1.82) is 0 Å². The number of hydrogen-bond acceptors (Lipinski definition) is 5. The van der Waals surface area contributed by atoms with E-state index < -0.39 is 0 Å². The van der Waals surface area contributed by atoms with Crippen molar-refractivity contribution in [3.63, 3.8) is 0 Å². The molecule has 0 saturated carbocycles. The minimum Gasteiger partial charge on any atom is -0.391 e. The predicted octanol–water partition coefficient (Wildman–Crippen LogP) is 1.35. The van der Waals surface area contributed by atoms with Crippen molar-refractivity contribution >= 4 is 11.6 Å². The molecule has 2 N–H and O–H groups in total. The Morgan fingerprint density at radius 1 is 1.44 bits per heavy atom. The minimum absolute atomic E-state index is 0.240. The van der Waals surface area contributed by atoms with E-state index in [1.165, 1.54) is 0 Å². The van der Waals surface area contributed by atoms with Crippen molar-refractivity contribution in [2.75, 3.05) is 30.4 Å². The predicted molar refractivity (Wildman–Crippen MR) is 73.1 cm³/mol. The average Bonchev–Trinajstić information content (AvgIpc) is 2.39. The lowest BCUT2D eigenvalue weighted by Crippen LogP contribution is -2.39. The van der Waals surface area contributed by atoms with Crippen LogP contribution in [-0.4, -0.2) is 41.3 Å². The molecule has 1 unspecified atom stereocenters. The summed E-state index contributed by atoms with van der Waals surface area (Å²) in [6.45, 7) is 5.71. The van der Waals surface area contributed by atoms with E-state index in [1.807, 2.05) is 14.0 Å². The van der Waals surface area contributed by atoms with Crippen LogP contribution in [0.25, 0.3) is 0 Å². The molecule has 5 nitrogen and oxygen atoms in total. The Hall–Kier alpha value is -1.36. The number of aliphatic hydroxyl groups is 1. The van der Waals surface area contributed by atoms with E-state index in [1.54, 1.807) is 0 Å². The highest BCUT2D eigenvalue weighted by Crippen LogP contribution is 2.26. The van der Waals surface area contributed by atoms with Gasteiger partial charge in [0.25, 0.3) is 0 Å². The molecule has 2 rings (SSSR count). The van der Waals surface area contributed by atoms with E-state index in [0.717, 1.165) is 48.8 Å². The smallest absolute Gasteiger partial charge is 0.137 e. The molecule has 2 heterocycles. The Labute approximate surface area is 108 Å². The molecule has 1 atom stereocenters. The van der Waals surface area contributed by atoms with Crippen LogP contribution in [0.15, 0.2) is 0 Å². The van der Waals surface area contributed by atoms with E-state index in [2.05, 4.69) is 27.1 Å². The van der Waals surface area contributed by atoms with E-state index in [0.29, 0.717) is 6.54 Å². The van der Waals surface area contributed by atoms with E-state index >= 15 is 0 Å². The van der Waals surface area contributed by atoms with Crippen LogP contribution in [0.2, 0.25) is 0 Å². The summed E-state index contributed by atoms with van der Waals surface area (Å²) in [6, 6.07) is 0. The highest BCUT2D eigenvalue weighted by atomic mass is 16.3. The zero-order chi connectivity index (χ0) is 13.1. The lowest BCUT2D eigenvalue weighted by Gasteiger charge is -2.32. The summed E-state index contributed by atoms with van der Waals surface area (Å²) in [5.41, 5.74) is 1.06. The van der Waals surface area contributed by atoms with Gasteiger partial charge in [-0.15, -0.1) is 0 Å². The van der Waals surface area contributed by atoms with Crippen molar-refractivity contribution in [2.45, 2.75) is 39.2 Å². The summed E-state index contributed by atoms with van der Waals surface area (Å²) in [6.07, 6.45) is 2.48. The molecule has 0 aliphatic carbocycles.